The van der Waals surface area contributed by atoms with E-state index in [1.165, 1.54) is 6.42 Å². The summed E-state index contributed by atoms with van der Waals surface area (Å²) in [5, 5.41) is 5.79. The predicted octanol–water partition coefficient (Wildman–Crippen LogP) is -1.27. The van der Waals surface area contributed by atoms with Crippen LogP contribution < -0.4 is 16.4 Å². The van der Waals surface area contributed by atoms with Crippen LogP contribution in [-0.2, 0) is 9.59 Å². The summed E-state index contributed by atoms with van der Waals surface area (Å²) in [7, 11) is 0. The first-order valence-corrected chi connectivity index (χ1v) is 4.93. The Morgan fingerprint density at radius 1 is 1.50 bits per heavy atom. The first-order chi connectivity index (χ1) is 6.58. The molecule has 1 heterocycles. The highest BCUT2D eigenvalue weighted by Gasteiger charge is 2.47. The zero-order valence-corrected chi connectivity index (χ0v) is 8.12. The number of nitrogens with one attached hydrogen (secondary N) is 2. The maximum absolute atomic E-state index is 11.5. The SMILES string of the molecule is C[C@H](NC(=O)[C@@H]1C[C@@H]2C[C@@H]2N1)C(N)=O. The fraction of sp³-hybridized carbons (Fsp3) is 0.778. The summed E-state index contributed by atoms with van der Waals surface area (Å²) in [6.45, 7) is 1.59. The molecule has 5 nitrogen and oxygen atoms in total. The number of carbonyl (C=O) groups is 2. The van der Waals surface area contributed by atoms with Crippen molar-refractivity contribution in [2.75, 3.05) is 0 Å². The third-order valence-electron chi connectivity index (χ3n) is 2.98. The van der Waals surface area contributed by atoms with E-state index in [9.17, 15) is 9.59 Å². The smallest absolute Gasteiger partial charge is 0.239 e. The number of amides is 2. The summed E-state index contributed by atoms with van der Waals surface area (Å²) >= 11 is 0. The average Bonchev–Trinajstić information content (AvgIpc) is 2.73. The summed E-state index contributed by atoms with van der Waals surface area (Å²) in [5.74, 6) is 0.0691. The van der Waals surface area contributed by atoms with Gasteiger partial charge in [0.2, 0.25) is 11.8 Å². The van der Waals surface area contributed by atoms with Gasteiger partial charge in [0, 0.05) is 6.04 Å². The molecule has 14 heavy (non-hydrogen) atoms. The fourth-order valence-corrected chi connectivity index (χ4v) is 1.91. The fourth-order valence-electron chi connectivity index (χ4n) is 1.91. The summed E-state index contributed by atoms with van der Waals surface area (Å²) in [4.78, 5) is 22.3. The lowest BCUT2D eigenvalue weighted by Crippen LogP contribution is -2.49. The molecule has 1 saturated carbocycles. The third-order valence-corrected chi connectivity index (χ3v) is 2.98. The largest absolute Gasteiger partial charge is 0.368 e. The zero-order valence-electron chi connectivity index (χ0n) is 8.12. The molecule has 2 aliphatic rings. The van der Waals surface area contributed by atoms with Crippen molar-refractivity contribution < 1.29 is 9.59 Å². The molecule has 2 rings (SSSR count). The number of nitrogens with two attached hydrogens (primary N) is 1. The van der Waals surface area contributed by atoms with E-state index in [4.69, 9.17) is 5.73 Å². The Kier molecular flexibility index (Phi) is 2.19. The van der Waals surface area contributed by atoms with E-state index < -0.39 is 11.9 Å². The van der Waals surface area contributed by atoms with E-state index >= 15 is 0 Å². The summed E-state index contributed by atoms with van der Waals surface area (Å²) < 4.78 is 0. The third kappa shape index (κ3) is 1.72. The molecule has 0 aromatic heterocycles. The van der Waals surface area contributed by atoms with Crippen molar-refractivity contribution in [3.8, 4) is 0 Å². The van der Waals surface area contributed by atoms with Crippen LogP contribution in [0, 0.1) is 5.92 Å². The Bertz CT molecular complexity index is 269. The van der Waals surface area contributed by atoms with Crippen molar-refractivity contribution in [2.24, 2.45) is 11.7 Å². The highest BCUT2D eigenvalue weighted by atomic mass is 16.2. The molecule has 5 heteroatoms. The minimum atomic E-state index is -0.582. The molecule has 0 aromatic carbocycles. The normalized spacial score (nSPS) is 35.9. The molecule has 0 bridgehead atoms. The van der Waals surface area contributed by atoms with Gasteiger partial charge in [-0.05, 0) is 25.7 Å². The molecule has 0 spiro atoms. The van der Waals surface area contributed by atoms with Crippen molar-refractivity contribution >= 4 is 11.8 Å². The lowest BCUT2D eigenvalue weighted by Gasteiger charge is -2.16. The lowest BCUT2D eigenvalue weighted by molar-refractivity contribution is -0.128. The van der Waals surface area contributed by atoms with Gasteiger partial charge >= 0.3 is 0 Å². The molecule has 0 aromatic rings. The highest BCUT2D eigenvalue weighted by molar-refractivity contribution is 5.89. The Labute approximate surface area is 82.4 Å². The zero-order chi connectivity index (χ0) is 10.3. The van der Waals surface area contributed by atoms with Gasteiger partial charge in [0.15, 0.2) is 0 Å². The molecule has 1 aliphatic carbocycles. The number of piperidine rings is 1. The summed E-state index contributed by atoms with van der Waals surface area (Å²) in [6, 6.07) is -0.170. The standard InChI is InChI=1S/C9H15N3O2/c1-4(8(10)13)11-9(14)7-3-5-2-6(5)12-7/h4-7,12H,2-3H2,1H3,(H2,10,13)(H,11,14)/t4-,5-,6-,7-/m0/s1. The van der Waals surface area contributed by atoms with Crippen LogP contribution in [0.25, 0.3) is 0 Å². The second kappa shape index (κ2) is 3.24. The minimum absolute atomic E-state index is 0.108. The van der Waals surface area contributed by atoms with Crippen LogP contribution in [0.5, 0.6) is 0 Å². The summed E-state index contributed by atoms with van der Waals surface area (Å²) in [6.07, 6.45) is 2.08. The van der Waals surface area contributed by atoms with Crippen molar-refractivity contribution in [1.29, 1.82) is 0 Å². The van der Waals surface area contributed by atoms with E-state index in [0.29, 0.717) is 12.0 Å². The predicted molar refractivity (Wildman–Crippen MR) is 50.2 cm³/mol. The highest BCUT2D eigenvalue weighted by Crippen LogP contribution is 2.40. The maximum Gasteiger partial charge on any atom is 0.239 e. The molecule has 0 unspecified atom stereocenters. The quantitative estimate of drug-likeness (QED) is 0.527. The first kappa shape index (κ1) is 9.45. The van der Waals surface area contributed by atoms with E-state index in [2.05, 4.69) is 10.6 Å². The summed E-state index contributed by atoms with van der Waals surface area (Å²) in [5.41, 5.74) is 5.04. The van der Waals surface area contributed by atoms with Crippen LogP contribution in [0.1, 0.15) is 19.8 Å². The van der Waals surface area contributed by atoms with Gasteiger partial charge in [0.25, 0.3) is 0 Å². The second-order valence-corrected chi connectivity index (χ2v) is 4.19. The van der Waals surface area contributed by atoms with E-state index in [0.717, 1.165) is 6.42 Å². The van der Waals surface area contributed by atoms with Gasteiger partial charge in [-0.25, -0.2) is 0 Å². The van der Waals surface area contributed by atoms with Gasteiger partial charge in [-0.2, -0.15) is 0 Å². The van der Waals surface area contributed by atoms with Gasteiger partial charge < -0.3 is 16.4 Å². The number of hydrogen-bond acceptors (Lipinski definition) is 3. The Morgan fingerprint density at radius 2 is 2.21 bits per heavy atom. The molecule has 2 fully saturated rings. The van der Waals surface area contributed by atoms with E-state index in [1.54, 1.807) is 6.92 Å². The Hall–Kier alpha value is -1.10. The molecule has 2 amide bonds. The van der Waals surface area contributed by atoms with Gasteiger partial charge in [-0.15, -0.1) is 0 Å². The van der Waals surface area contributed by atoms with Crippen LogP contribution in [-0.4, -0.2) is 29.9 Å². The number of fused-ring (bicyclic) bond motifs is 1. The van der Waals surface area contributed by atoms with Gasteiger partial charge in [0.1, 0.15) is 6.04 Å². The number of hydrogen-bond donors (Lipinski definition) is 3. The van der Waals surface area contributed by atoms with Crippen LogP contribution >= 0.6 is 0 Å². The van der Waals surface area contributed by atoms with Crippen LogP contribution in [0.2, 0.25) is 0 Å². The first-order valence-electron chi connectivity index (χ1n) is 4.93. The van der Waals surface area contributed by atoms with Crippen LogP contribution in [0.4, 0.5) is 0 Å². The molecule has 1 aliphatic heterocycles. The number of rotatable bonds is 3. The monoisotopic (exact) mass is 197 g/mol. The molecular weight excluding hydrogens is 182 g/mol. The van der Waals surface area contributed by atoms with E-state index in [1.807, 2.05) is 0 Å². The van der Waals surface area contributed by atoms with Crippen LogP contribution in [0.3, 0.4) is 0 Å². The van der Waals surface area contributed by atoms with Crippen molar-refractivity contribution in [3.63, 3.8) is 0 Å². The molecule has 0 radical (unpaired) electrons. The molecule has 78 valence electrons. The van der Waals surface area contributed by atoms with Gasteiger partial charge in [-0.1, -0.05) is 0 Å². The van der Waals surface area contributed by atoms with Crippen LogP contribution in [0.15, 0.2) is 0 Å². The number of carbonyl (C=O) groups excluding carboxylic acids is 2. The molecular formula is C9H15N3O2. The molecule has 1 saturated heterocycles. The minimum Gasteiger partial charge on any atom is -0.368 e. The van der Waals surface area contributed by atoms with Gasteiger partial charge in [0.05, 0.1) is 6.04 Å². The Balaban J connectivity index is 1.81. The lowest BCUT2D eigenvalue weighted by atomic mass is 10.1. The van der Waals surface area contributed by atoms with E-state index in [-0.39, 0.29) is 11.9 Å². The average molecular weight is 197 g/mol. The van der Waals surface area contributed by atoms with Crippen molar-refractivity contribution in [2.45, 2.75) is 37.9 Å². The topological polar surface area (TPSA) is 84.2 Å². The molecule has 4 N–H and O–H groups in total. The Morgan fingerprint density at radius 3 is 2.71 bits per heavy atom. The van der Waals surface area contributed by atoms with Crippen molar-refractivity contribution in [1.82, 2.24) is 10.6 Å². The van der Waals surface area contributed by atoms with Gasteiger partial charge in [-0.3, -0.25) is 9.59 Å². The second-order valence-electron chi connectivity index (χ2n) is 4.19. The van der Waals surface area contributed by atoms with Crippen molar-refractivity contribution in [3.05, 3.63) is 0 Å². The number of primary amides is 1. The maximum atomic E-state index is 11.5. The molecule has 4 atom stereocenters.